The number of hydrogen-bond donors (Lipinski definition) is 0. The lowest BCUT2D eigenvalue weighted by Gasteiger charge is -2.06. The number of carbonyl (C=O) groups is 1. The van der Waals surface area contributed by atoms with Crippen molar-refractivity contribution in [3.8, 4) is 70.8 Å². The Labute approximate surface area is 202 Å². The molecule has 0 aliphatic carbocycles. The molecule has 0 amide bonds. The van der Waals surface area contributed by atoms with Gasteiger partial charge in [-0.05, 0) is 79.1 Å². The molecule has 166 valence electrons. The molecule has 0 radical (unpaired) electrons. The molecule has 2 aromatic heterocycles. The van der Waals surface area contributed by atoms with E-state index in [-0.39, 0.29) is 5.75 Å². The molecule has 0 atom stereocenters. The summed E-state index contributed by atoms with van der Waals surface area (Å²) in [5.74, 6) is 13.1. The first kappa shape index (κ1) is 24.2. The van der Waals surface area contributed by atoms with Crippen LogP contribution in [0.1, 0.15) is 34.3 Å². The number of terminal acetylenes is 1. The fourth-order valence-electron chi connectivity index (χ4n) is 2.72. The predicted molar refractivity (Wildman–Crippen MR) is 130 cm³/mol. The molecular weight excluding hydrogens is 449 g/mol. The first-order valence-corrected chi connectivity index (χ1v) is 11.1. The highest BCUT2D eigenvalue weighted by Crippen LogP contribution is 2.26. The Morgan fingerprint density at radius 3 is 2.53 bits per heavy atom. The van der Waals surface area contributed by atoms with E-state index in [9.17, 15) is 9.18 Å². The van der Waals surface area contributed by atoms with Crippen molar-refractivity contribution in [1.29, 1.82) is 0 Å². The van der Waals surface area contributed by atoms with Crippen molar-refractivity contribution < 1.29 is 18.7 Å². The number of hydrogen-bond acceptors (Lipinski definition) is 5. The van der Waals surface area contributed by atoms with E-state index in [1.54, 1.807) is 36.4 Å². The van der Waals surface area contributed by atoms with Crippen LogP contribution in [0.2, 0.25) is 0 Å². The van der Waals surface area contributed by atoms with E-state index in [1.165, 1.54) is 17.4 Å². The van der Waals surface area contributed by atoms with E-state index in [2.05, 4.69) is 53.5 Å². The number of halogens is 1. The van der Waals surface area contributed by atoms with Crippen LogP contribution in [0.3, 0.4) is 0 Å². The number of nitrogens with zero attached hydrogens (tertiary/aromatic N) is 1. The second-order valence-corrected chi connectivity index (χ2v) is 7.91. The Morgan fingerprint density at radius 2 is 1.79 bits per heavy atom. The summed E-state index contributed by atoms with van der Waals surface area (Å²) in [4.78, 5) is 17.8. The zero-order valence-corrected chi connectivity index (χ0v) is 19.1. The van der Waals surface area contributed by atoms with Crippen LogP contribution in [0.5, 0.6) is 11.5 Å². The van der Waals surface area contributed by atoms with Crippen molar-refractivity contribution >= 4 is 17.3 Å². The van der Waals surface area contributed by atoms with Gasteiger partial charge in [0.2, 0.25) is 0 Å². The third kappa shape index (κ3) is 7.01. The number of carbonyl (C=O) groups excluding carboxylic acids is 1. The standard InChI is InChI=1S/C28H18FNO3S/c1-3-5-7-8-9-10-20-32-22-14-12-21(13-15-22)24-17-18-25(27(29)30-24)33-28(31)26-19-16-23(34-26)11-6-4-2/h1,12-19H,4,6,11H2,2H3. The monoisotopic (exact) mass is 467 g/mol. The van der Waals surface area contributed by atoms with E-state index in [4.69, 9.17) is 15.9 Å². The van der Waals surface area contributed by atoms with Crippen LogP contribution >= 0.6 is 11.3 Å². The second kappa shape index (κ2) is 12.5. The molecule has 4 nitrogen and oxygen atoms in total. The van der Waals surface area contributed by atoms with Gasteiger partial charge in [0.05, 0.1) is 5.69 Å². The fourth-order valence-corrected chi connectivity index (χ4v) is 3.64. The summed E-state index contributed by atoms with van der Waals surface area (Å²) in [5.41, 5.74) is 1.03. The Bertz CT molecular complexity index is 1400. The summed E-state index contributed by atoms with van der Waals surface area (Å²) < 4.78 is 25.0. The van der Waals surface area contributed by atoms with Gasteiger partial charge >= 0.3 is 5.97 Å². The molecule has 0 saturated carbocycles. The summed E-state index contributed by atoms with van der Waals surface area (Å²) in [6.45, 7) is 2.11. The van der Waals surface area contributed by atoms with Crippen LogP contribution < -0.4 is 9.47 Å². The minimum Gasteiger partial charge on any atom is -0.417 e. The van der Waals surface area contributed by atoms with Gasteiger partial charge in [-0.25, -0.2) is 9.78 Å². The molecular formula is C28H18FNO3S. The number of benzene rings is 1. The fraction of sp³-hybridized carbons (Fsp3) is 0.143. The lowest BCUT2D eigenvalue weighted by atomic mass is 10.1. The van der Waals surface area contributed by atoms with Crippen molar-refractivity contribution in [2.24, 2.45) is 0 Å². The molecule has 2 heterocycles. The number of ether oxygens (including phenoxy) is 2. The maximum absolute atomic E-state index is 14.5. The molecule has 1 aromatic carbocycles. The zero-order chi connectivity index (χ0) is 24.2. The number of unbranched alkanes of at least 4 members (excludes halogenated alkanes) is 1. The van der Waals surface area contributed by atoms with Crippen molar-refractivity contribution in [3.05, 3.63) is 64.2 Å². The number of thiophene rings is 1. The van der Waals surface area contributed by atoms with E-state index in [0.29, 0.717) is 21.9 Å². The van der Waals surface area contributed by atoms with Crippen LogP contribution in [0, 0.1) is 54.0 Å². The van der Waals surface area contributed by atoms with Crippen LogP contribution in [-0.2, 0) is 6.42 Å². The molecule has 34 heavy (non-hydrogen) atoms. The molecule has 3 aromatic rings. The van der Waals surface area contributed by atoms with Crippen LogP contribution in [0.25, 0.3) is 11.3 Å². The Morgan fingerprint density at radius 1 is 1.03 bits per heavy atom. The Kier molecular flexibility index (Phi) is 8.90. The third-order valence-electron chi connectivity index (χ3n) is 4.35. The van der Waals surface area contributed by atoms with Gasteiger partial charge in [0, 0.05) is 28.2 Å². The average molecular weight is 468 g/mol. The van der Waals surface area contributed by atoms with Crippen molar-refractivity contribution in [1.82, 2.24) is 4.98 Å². The summed E-state index contributed by atoms with van der Waals surface area (Å²) in [7, 11) is 0. The topological polar surface area (TPSA) is 48.4 Å². The highest BCUT2D eigenvalue weighted by Gasteiger charge is 2.16. The molecule has 0 saturated heterocycles. The van der Waals surface area contributed by atoms with E-state index < -0.39 is 11.9 Å². The van der Waals surface area contributed by atoms with E-state index >= 15 is 0 Å². The minimum atomic E-state index is -0.869. The number of esters is 1. The molecule has 0 N–H and O–H groups in total. The number of rotatable bonds is 7. The van der Waals surface area contributed by atoms with Crippen LogP contribution in [-0.4, -0.2) is 11.0 Å². The summed E-state index contributed by atoms with van der Waals surface area (Å²) in [6, 6.07) is 13.3. The Balaban J connectivity index is 1.62. The van der Waals surface area contributed by atoms with Crippen molar-refractivity contribution in [2.75, 3.05) is 0 Å². The lowest BCUT2D eigenvalue weighted by Crippen LogP contribution is -2.08. The first-order valence-electron chi connectivity index (χ1n) is 10.3. The van der Waals surface area contributed by atoms with E-state index in [1.807, 2.05) is 6.07 Å². The smallest absolute Gasteiger partial charge is 0.353 e. The quantitative estimate of drug-likeness (QED) is 0.262. The van der Waals surface area contributed by atoms with Gasteiger partial charge in [0.15, 0.2) is 5.75 Å². The average Bonchev–Trinajstić information content (AvgIpc) is 3.33. The minimum absolute atomic E-state index is 0.222. The summed E-state index contributed by atoms with van der Waals surface area (Å²) in [5, 5.41) is 0. The highest BCUT2D eigenvalue weighted by atomic mass is 32.1. The molecule has 6 heteroatoms. The van der Waals surface area contributed by atoms with E-state index in [0.717, 1.165) is 24.1 Å². The highest BCUT2D eigenvalue weighted by molar-refractivity contribution is 7.13. The van der Waals surface area contributed by atoms with Crippen LogP contribution in [0.15, 0.2) is 48.5 Å². The maximum Gasteiger partial charge on any atom is 0.353 e. The summed E-state index contributed by atoms with van der Waals surface area (Å²) in [6.07, 6.45) is 10.4. The Hall–Kier alpha value is -4.49. The largest absolute Gasteiger partial charge is 0.417 e. The molecule has 0 spiro atoms. The zero-order valence-electron chi connectivity index (χ0n) is 18.3. The third-order valence-corrected chi connectivity index (χ3v) is 5.47. The molecule has 0 bridgehead atoms. The molecule has 0 aliphatic rings. The van der Waals surface area contributed by atoms with Gasteiger partial charge in [0.1, 0.15) is 16.7 Å². The van der Waals surface area contributed by atoms with Crippen molar-refractivity contribution in [3.63, 3.8) is 0 Å². The van der Waals surface area contributed by atoms with Crippen LogP contribution in [0.4, 0.5) is 4.39 Å². The van der Waals surface area contributed by atoms with Gasteiger partial charge in [-0.1, -0.05) is 13.3 Å². The molecule has 0 fully saturated rings. The first-order chi connectivity index (χ1) is 16.6. The number of aromatic nitrogens is 1. The molecule has 0 unspecified atom stereocenters. The maximum atomic E-state index is 14.5. The second-order valence-electron chi connectivity index (χ2n) is 6.74. The predicted octanol–water partition coefficient (Wildman–Crippen LogP) is 5.49. The van der Waals surface area contributed by atoms with Gasteiger partial charge in [-0.15, -0.1) is 17.8 Å². The SMILES string of the molecule is C#CC#CC#CC#COc1ccc(-c2ccc(OC(=O)c3ccc(CCCC)s3)c(F)n2)cc1. The van der Waals surface area contributed by atoms with Gasteiger partial charge < -0.3 is 9.47 Å². The number of pyridine rings is 1. The number of aryl methyl sites for hydroxylation is 1. The van der Waals surface area contributed by atoms with Crippen molar-refractivity contribution in [2.45, 2.75) is 26.2 Å². The normalized spacial score (nSPS) is 9.21. The lowest BCUT2D eigenvalue weighted by molar-refractivity contribution is 0.0731. The van der Waals surface area contributed by atoms with Gasteiger partial charge in [0.25, 0.3) is 5.95 Å². The summed E-state index contributed by atoms with van der Waals surface area (Å²) >= 11 is 1.36. The molecule has 0 aliphatic heterocycles. The van der Waals surface area contributed by atoms with Gasteiger partial charge in [-0.2, -0.15) is 4.39 Å². The molecule has 3 rings (SSSR count). The van der Waals surface area contributed by atoms with Gasteiger partial charge in [-0.3, -0.25) is 0 Å².